The largest absolute Gasteiger partial charge is 0.368 e. The summed E-state index contributed by atoms with van der Waals surface area (Å²) in [6.45, 7) is 11.7. The van der Waals surface area contributed by atoms with Crippen LogP contribution in [-0.2, 0) is 4.74 Å². The Morgan fingerprint density at radius 1 is 1.18 bits per heavy atom. The molecule has 0 N–H and O–H groups in total. The molecule has 0 aliphatic rings. The van der Waals surface area contributed by atoms with Crippen LogP contribution in [0.5, 0.6) is 0 Å². The van der Waals surface area contributed by atoms with Crippen molar-refractivity contribution in [1.82, 2.24) is 0 Å². The molecule has 0 bridgehead atoms. The van der Waals surface area contributed by atoms with Crippen molar-refractivity contribution >= 4 is 11.8 Å². The van der Waals surface area contributed by atoms with Gasteiger partial charge in [-0.1, -0.05) is 27.7 Å². The fourth-order valence-electron chi connectivity index (χ4n) is 0.821. The van der Waals surface area contributed by atoms with Gasteiger partial charge in [0.25, 0.3) is 0 Å². The second-order valence-corrected chi connectivity index (χ2v) is 4.93. The molecule has 0 aromatic heterocycles. The Morgan fingerprint density at radius 2 is 1.73 bits per heavy atom. The highest BCUT2D eigenvalue weighted by molar-refractivity contribution is 8.00. The molecule has 0 fully saturated rings. The third-order valence-electron chi connectivity index (χ3n) is 1.28. The molecule has 0 aromatic carbocycles. The first-order valence-electron chi connectivity index (χ1n) is 4.35. The number of hydrogen-bond donors (Lipinski definition) is 0. The van der Waals surface area contributed by atoms with E-state index in [9.17, 15) is 0 Å². The number of ether oxygens (including phenoxy) is 1. The van der Waals surface area contributed by atoms with E-state index >= 15 is 0 Å². The van der Waals surface area contributed by atoms with Gasteiger partial charge in [-0.15, -0.1) is 11.8 Å². The van der Waals surface area contributed by atoms with Crippen LogP contribution in [0.25, 0.3) is 0 Å². The monoisotopic (exact) mass is 176 g/mol. The first-order chi connectivity index (χ1) is 5.07. The maximum atomic E-state index is 5.58. The molecule has 0 aliphatic carbocycles. The molecule has 1 atom stereocenters. The highest BCUT2D eigenvalue weighted by Gasteiger charge is 2.14. The lowest BCUT2D eigenvalue weighted by atomic mass is 10.2. The Kier molecular flexibility index (Phi) is 6.06. The minimum absolute atomic E-state index is 0.375. The Balaban J connectivity index is 3.69. The lowest BCUT2D eigenvalue weighted by molar-refractivity contribution is 0.0941. The molecular weight excluding hydrogens is 156 g/mol. The van der Waals surface area contributed by atoms with Crippen molar-refractivity contribution in [3.05, 3.63) is 0 Å². The summed E-state index contributed by atoms with van der Waals surface area (Å²) >= 11 is 1.91. The Morgan fingerprint density at radius 3 is 2.00 bits per heavy atom. The molecule has 0 rings (SSSR count). The van der Waals surface area contributed by atoms with Crippen LogP contribution in [-0.4, -0.2) is 17.3 Å². The van der Waals surface area contributed by atoms with Gasteiger partial charge in [0.2, 0.25) is 0 Å². The predicted molar refractivity (Wildman–Crippen MR) is 53.0 cm³/mol. The van der Waals surface area contributed by atoms with E-state index in [0.29, 0.717) is 16.6 Å². The molecule has 0 aromatic rings. The minimum atomic E-state index is 0.375. The summed E-state index contributed by atoms with van der Waals surface area (Å²) in [7, 11) is 0. The third-order valence-corrected chi connectivity index (χ3v) is 2.77. The van der Waals surface area contributed by atoms with Crippen molar-refractivity contribution < 1.29 is 4.74 Å². The molecule has 0 saturated heterocycles. The van der Waals surface area contributed by atoms with Gasteiger partial charge < -0.3 is 4.74 Å². The van der Waals surface area contributed by atoms with Gasteiger partial charge in [0.15, 0.2) is 0 Å². The fourth-order valence-corrected chi connectivity index (χ4v) is 1.89. The maximum Gasteiger partial charge on any atom is 0.105 e. The van der Waals surface area contributed by atoms with Gasteiger partial charge in [-0.3, -0.25) is 0 Å². The van der Waals surface area contributed by atoms with Gasteiger partial charge in [-0.25, -0.2) is 0 Å². The van der Waals surface area contributed by atoms with Crippen molar-refractivity contribution in [2.24, 2.45) is 5.92 Å². The molecule has 2 heteroatoms. The summed E-state index contributed by atoms with van der Waals surface area (Å²) in [5.74, 6) is 0.613. The van der Waals surface area contributed by atoms with Crippen molar-refractivity contribution in [2.75, 3.05) is 6.61 Å². The van der Waals surface area contributed by atoms with Crippen molar-refractivity contribution in [1.29, 1.82) is 0 Å². The Bertz CT molecular complexity index is 91.6. The molecule has 0 heterocycles. The molecule has 0 aliphatic heterocycles. The van der Waals surface area contributed by atoms with E-state index in [0.717, 1.165) is 6.61 Å². The predicted octanol–water partition coefficient (Wildman–Crippen LogP) is 3.15. The van der Waals surface area contributed by atoms with E-state index in [1.54, 1.807) is 0 Å². The van der Waals surface area contributed by atoms with Crippen LogP contribution in [0.1, 0.15) is 34.6 Å². The second-order valence-electron chi connectivity index (χ2n) is 3.25. The van der Waals surface area contributed by atoms with Crippen LogP contribution in [0.3, 0.4) is 0 Å². The lowest BCUT2D eigenvalue weighted by Gasteiger charge is -2.21. The van der Waals surface area contributed by atoms with Crippen molar-refractivity contribution in [3.63, 3.8) is 0 Å². The molecular formula is C9H20OS. The molecule has 1 nitrogen and oxygen atoms in total. The standard InChI is InChI=1S/C9H20OS/c1-6-10-9(7(2)3)11-8(4)5/h7-9H,6H2,1-5H3. The van der Waals surface area contributed by atoms with Crippen LogP contribution in [0.15, 0.2) is 0 Å². The first-order valence-corrected chi connectivity index (χ1v) is 5.29. The van der Waals surface area contributed by atoms with Crippen LogP contribution >= 0.6 is 11.8 Å². The van der Waals surface area contributed by atoms with Gasteiger partial charge in [0.1, 0.15) is 5.44 Å². The number of hydrogen-bond acceptors (Lipinski definition) is 2. The van der Waals surface area contributed by atoms with Crippen LogP contribution in [0, 0.1) is 5.92 Å². The van der Waals surface area contributed by atoms with Crippen LogP contribution < -0.4 is 0 Å². The second kappa shape index (κ2) is 5.90. The highest BCUT2D eigenvalue weighted by atomic mass is 32.2. The summed E-state index contributed by atoms with van der Waals surface area (Å²) < 4.78 is 5.58. The molecule has 0 amide bonds. The van der Waals surface area contributed by atoms with Crippen LogP contribution in [0.4, 0.5) is 0 Å². The average Bonchev–Trinajstić information content (AvgIpc) is 1.86. The third kappa shape index (κ3) is 5.57. The van der Waals surface area contributed by atoms with Crippen molar-refractivity contribution in [3.8, 4) is 0 Å². The topological polar surface area (TPSA) is 9.23 Å². The quantitative estimate of drug-likeness (QED) is 0.595. The highest BCUT2D eigenvalue weighted by Crippen LogP contribution is 2.24. The zero-order valence-electron chi connectivity index (χ0n) is 8.26. The molecule has 1 unspecified atom stereocenters. The smallest absolute Gasteiger partial charge is 0.105 e. The molecule has 0 radical (unpaired) electrons. The van der Waals surface area contributed by atoms with Gasteiger partial charge in [0.05, 0.1) is 0 Å². The molecule has 0 saturated carbocycles. The summed E-state index contributed by atoms with van der Waals surface area (Å²) in [6, 6.07) is 0. The summed E-state index contributed by atoms with van der Waals surface area (Å²) in [5, 5.41) is 0.661. The average molecular weight is 176 g/mol. The lowest BCUT2D eigenvalue weighted by Crippen LogP contribution is -2.17. The zero-order valence-corrected chi connectivity index (χ0v) is 9.07. The SMILES string of the molecule is CCOC(SC(C)C)C(C)C. The van der Waals surface area contributed by atoms with E-state index in [1.807, 2.05) is 11.8 Å². The van der Waals surface area contributed by atoms with Crippen molar-refractivity contribution in [2.45, 2.75) is 45.3 Å². The molecule has 0 spiro atoms. The summed E-state index contributed by atoms with van der Waals surface area (Å²) in [6.07, 6.45) is 0. The Labute approximate surface area is 74.9 Å². The number of thioether (sulfide) groups is 1. The molecule has 68 valence electrons. The summed E-state index contributed by atoms with van der Waals surface area (Å²) in [5.41, 5.74) is 0.375. The van der Waals surface area contributed by atoms with E-state index < -0.39 is 0 Å². The first kappa shape index (κ1) is 11.3. The molecule has 11 heavy (non-hydrogen) atoms. The summed E-state index contributed by atoms with van der Waals surface area (Å²) in [4.78, 5) is 0. The van der Waals surface area contributed by atoms with E-state index in [4.69, 9.17) is 4.74 Å². The zero-order chi connectivity index (χ0) is 8.85. The van der Waals surface area contributed by atoms with Crippen LogP contribution in [0.2, 0.25) is 0 Å². The van der Waals surface area contributed by atoms with Gasteiger partial charge in [-0.2, -0.15) is 0 Å². The minimum Gasteiger partial charge on any atom is -0.368 e. The van der Waals surface area contributed by atoms with E-state index in [-0.39, 0.29) is 0 Å². The number of rotatable bonds is 5. The Hall–Kier alpha value is 0.310. The van der Waals surface area contributed by atoms with Gasteiger partial charge in [-0.05, 0) is 12.8 Å². The maximum absolute atomic E-state index is 5.58. The van der Waals surface area contributed by atoms with Gasteiger partial charge >= 0.3 is 0 Å². The normalized spacial score (nSPS) is 14.5. The van der Waals surface area contributed by atoms with E-state index in [2.05, 4.69) is 34.6 Å². The fraction of sp³-hybridized carbons (Fsp3) is 1.00. The van der Waals surface area contributed by atoms with E-state index in [1.165, 1.54) is 0 Å². The van der Waals surface area contributed by atoms with Gasteiger partial charge in [0, 0.05) is 11.9 Å².